The van der Waals surface area contributed by atoms with Crippen molar-refractivity contribution in [2.75, 3.05) is 20.8 Å². The summed E-state index contributed by atoms with van der Waals surface area (Å²) in [5.41, 5.74) is 0. The van der Waals surface area contributed by atoms with Crippen molar-refractivity contribution in [3.63, 3.8) is 0 Å². The topological polar surface area (TPSA) is 52.6 Å². The Morgan fingerprint density at radius 2 is 1.79 bits per heavy atom. The van der Waals surface area contributed by atoms with E-state index in [1.54, 1.807) is 0 Å². The van der Waals surface area contributed by atoms with Crippen LogP contribution < -0.4 is 0 Å². The second-order valence-corrected chi connectivity index (χ2v) is 3.49. The van der Waals surface area contributed by atoms with Gasteiger partial charge in [-0.1, -0.05) is 13.8 Å². The van der Waals surface area contributed by atoms with Crippen LogP contribution in [-0.4, -0.2) is 32.6 Å². The van der Waals surface area contributed by atoms with Gasteiger partial charge in [-0.3, -0.25) is 9.59 Å². The molecule has 0 spiro atoms. The Hall–Kier alpha value is -0.900. The van der Waals surface area contributed by atoms with Gasteiger partial charge in [-0.25, -0.2) is 0 Å². The monoisotopic (exact) mass is 202 g/mol. The Kier molecular flexibility index (Phi) is 6.12. The lowest BCUT2D eigenvalue weighted by molar-refractivity contribution is -0.145. The van der Waals surface area contributed by atoms with E-state index in [1.807, 2.05) is 13.8 Å². The van der Waals surface area contributed by atoms with Gasteiger partial charge in [0.1, 0.15) is 5.78 Å². The molecule has 0 aromatic rings. The van der Waals surface area contributed by atoms with E-state index in [0.29, 0.717) is 0 Å². The fourth-order valence-corrected chi connectivity index (χ4v) is 1.20. The summed E-state index contributed by atoms with van der Waals surface area (Å²) in [6, 6.07) is 0. The summed E-state index contributed by atoms with van der Waals surface area (Å²) in [5.74, 6) is -0.800. The van der Waals surface area contributed by atoms with Gasteiger partial charge in [0.15, 0.2) is 0 Å². The van der Waals surface area contributed by atoms with Crippen LogP contribution in [0.4, 0.5) is 0 Å². The zero-order chi connectivity index (χ0) is 11.1. The number of carbonyl (C=O) groups excluding carboxylic acids is 2. The van der Waals surface area contributed by atoms with Gasteiger partial charge in [0, 0.05) is 13.0 Å². The molecule has 0 saturated carbocycles. The van der Waals surface area contributed by atoms with Gasteiger partial charge >= 0.3 is 5.97 Å². The Balaban J connectivity index is 4.28. The van der Waals surface area contributed by atoms with E-state index < -0.39 is 0 Å². The first-order chi connectivity index (χ1) is 6.52. The Morgan fingerprint density at radius 1 is 1.21 bits per heavy atom. The number of ether oxygens (including phenoxy) is 2. The molecule has 0 fully saturated rings. The molecular weight excluding hydrogens is 184 g/mol. The first-order valence-corrected chi connectivity index (χ1v) is 4.62. The average molecular weight is 202 g/mol. The van der Waals surface area contributed by atoms with Crippen LogP contribution in [0.1, 0.15) is 20.3 Å². The number of rotatable bonds is 6. The number of carbonyl (C=O) groups is 2. The van der Waals surface area contributed by atoms with Crippen molar-refractivity contribution >= 4 is 11.8 Å². The van der Waals surface area contributed by atoms with E-state index in [9.17, 15) is 9.59 Å². The van der Waals surface area contributed by atoms with Crippen molar-refractivity contribution in [3.8, 4) is 0 Å². The van der Waals surface area contributed by atoms with Crippen LogP contribution >= 0.6 is 0 Å². The van der Waals surface area contributed by atoms with E-state index in [-0.39, 0.29) is 36.6 Å². The highest BCUT2D eigenvalue weighted by atomic mass is 16.5. The first-order valence-electron chi connectivity index (χ1n) is 4.62. The van der Waals surface area contributed by atoms with Crippen molar-refractivity contribution in [2.45, 2.75) is 20.3 Å². The molecule has 0 rings (SSSR count). The molecule has 0 bridgehead atoms. The molecule has 0 aliphatic rings. The second kappa shape index (κ2) is 6.54. The van der Waals surface area contributed by atoms with Gasteiger partial charge in [-0.05, 0) is 0 Å². The van der Waals surface area contributed by atoms with Crippen molar-refractivity contribution < 1.29 is 19.1 Å². The number of esters is 1. The highest BCUT2D eigenvalue weighted by Gasteiger charge is 2.24. The summed E-state index contributed by atoms with van der Waals surface area (Å²) >= 11 is 0. The highest BCUT2D eigenvalue weighted by Crippen LogP contribution is 2.12. The molecule has 0 amide bonds. The number of hydrogen-bond acceptors (Lipinski definition) is 4. The van der Waals surface area contributed by atoms with E-state index in [0.717, 1.165) is 0 Å². The zero-order valence-corrected chi connectivity index (χ0v) is 9.20. The molecule has 0 saturated heterocycles. The number of methoxy groups -OCH3 is 2. The number of ketones is 1. The number of Topliss-reactive ketones (excluding diaryl/α,β-unsaturated/α-hetero) is 1. The van der Waals surface area contributed by atoms with Crippen LogP contribution in [0.3, 0.4) is 0 Å². The maximum atomic E-state index is 11.6. The molecule has 4 nitrogen and oxygen atoms in total. The molecule has 0 N–H and O–H groups in total. The van der Waals surface area contributed by atoms with Crippen LogP contribution in [-0.2, 0) is 19.1 Å². The molecule has 1 atom stereocenters. The van der Waals surface area contributed by atoms with E-state index in [4.69, 9.17) is 4.74 Å². The molecule has 14 heavy (non-hydrogen) atoms. The first kappa shape index (κ1) is 13.1. The van der Waals surface area contributed by atoms with Crippen LogP contribution in [0.2, 0.25) is 0 Å². The van der Waals surface area contributed by atoms with Crippen LogP contribution in [0.25, 0.3) is 0 Å². The maximum Gasteiger partial charge on any atom is 0.306 e. The molecule has 4 heteroatoms. The van der Waals surface area contributed by atoms with Gasteiger partial charge < -0.3 is 9.47 Å². The molecule has 0 aromatic carbocycles. The quantitative estimate of drug-likeness (QED) is 0.604. The van der Waals surface area contributed by atoms with Crippen LogP contribution in [0.5, 0.6) is 0 Å². The lowest BCUT2D eigenvalue weighted by Gasteiger charge is -2.15. The third-order valence-electron chi connectivity index (χ3n) is 1.98. The summed E-state index contributed by atoms with van der Waals surface area (Å²) in [5, 5.41) is 0. The molecule has 0 aliphatic heterocycles. The van der Waals surface area contributed by atoms with Gasteiger partial charge in [0.2, 0.25) is 0 Å². The fraction of sp³-hybridized carbons (Fsp3) is 0.800. The maximum absolute atomic E-state index is 11.6. The predicted octanol–water partition coefficient (Wildman–Crippen LogP) is 1.04. The summed E-state index contributed by atoms with van der Waals surface area (Å²) < 4.78 is 9.40. The van der Waals surface area contributed by atoms with E-state index in [2.05, 4.69) is 4.74 Å². The molecule has 0 unspecified atom stereocenters. The molecule has 82 valence electrons. The number of hydrogen-bond donors (Lipinski definition) is 0. The zero-order valence-electron chi connectivity index (χ0n) is 9.20. The van der Waals surface area contributed by atoms with Gasteiger partial charge in [-0.2, -0.15) is 0 Å². The Labute approximate surface area is 84.6 Å². The fourth-order valence-electron chi connectivity index (χ4n) is 1.20. The van der Waals surface area contributed by atoms with Gasteiger partial charge in [0.25, 0.3) is 0 Å². The molecular formula is C10H18O4. The van der Waals surface area contributed by atoms with E-state index in [1.165, 1.54) is 14.2 Å². The van der Waals surface area contributed by atoms with Crippen molar-refractivity contribution in [3.05, 3.63) is 0 Å². The predicted molar refractivity (Wildman–Crippen MR) is 51.8 cm³/mol. The minimum atomic E-state index is -0.382. The molecule has 0 aromatic heterocycles. The minimum absolute atomic E-state index is 0.0391. The normalized spacial score (nSPS) is 12.6. The summed E-state index contributed by atoms with van der Waals surface area (Å²) in [6.07, 6.45) is 0.0986. The smallest absolute Gasteiger partial charge is 0.306 e. The van der Waals surface area contributed by atoms with Gasteiger partial charge in [0.05, 0.1) is 26.1 Å². The lowest BCUT2D eigenvalue weighted by atomic mass is 9.93. The molecule has 0 heterocycles. The van der Waals surface area contributed by atoms with Crippen molar-refractivity contribution in [2.24, 2.45) is 11.8 Å². The standard InChI is InChI=1S/C10H18O4/c1-7(2)10(12)8(6-13-3)5-9(11)14-4/h7-8H,5-6H2,1-4H3/t8-/m0/s1. The largest absolute Gasteiger partial charge is 0.469 e. The third kappa shape index (κ3) is 4.37. The van der Waals surface area contributed by atoms with Gasteiger partial charge in [-0.15, -0.1) is 0 Å². The Bertz CT molecular complexity index is 198. The van der Waals surface area contributed by atoms with Crippen molar-refractivity contribution in [1.82, 2.24) is 0 Å². The third-order valence-corrected chi connectivity index (χ3v) is 1.98. The SMILES string of the molecule is COC[C@H](CC(=O)OC)C(=O)C(C)C. The molecule has 0 aliphatic carbocycles. The summed E-state index contributed by atoms with van der Waals surface area (Å²) in [6.45, 7) is 3.89. The summed E-state index contributed by atoms with van der Waals surface area (Å²) in [4.78, 5) is 22.6. The van der Waals surface area contributed by atoms with Crippen molar-refractivity contribution in [1.29, 1.82) is 0 Å². The minimum Gasteiger partial charge on any atom is -0.469 e. The summed E-state index contributed by atoms with van der Waals surface area (Å²) in [7, 11) is 2.82. The lowest BCUT2D eigenvalue weighted by Crippen LogP contribution is -2.27. The highest BCUT2D eigenvalue weighted by molar-refractivity contribution is 5.86. The Morgan fingerprint density at radius 3 is 2.14 bits per heavy atom. The molecule has 0 radical (unpaired) electrons. The van der Waals surface area contributed by atoms with Crippen LogP contribution in [0.15, 0.2) is 0 Å². The average Bonchev–Trinajstić information content (AvgIpc) is 2.15. The van der Waals surface area contributed by atoms with Crippen LogP contribution in [0, 0.1) is 11.8 Å². The van der Waals surface area contributed by atoms with E-state index >= 15 is 0 Å². The second-order valence-electron chi connectivity index (χ2n) is 3.49.